The van der Waals surface area contributed by atoms with E-state index in [1.807, 2.05) is 30.3 Å². The van der Waals surface area contributed by atoms with Crippen LogP contribution in [-0.2, 0) is 0 Å². The fraction of sp³-hybridized carbons (Fsp3) is 0. The van der Waals surface area contributed by atoms with Crippen LogP contribution in [0.3, 0.4) is 0 Å². The minimum Gasteiger partial charge on any atom is -0.506 e. The average Bonchev–Trinajstić information content (AvgIpc) is 2.52. The second-order valence-corrected chi connectivity index (χ2v) is 5.87. The van der Waals surface area contributed by atoms with Crippen molar-refractivity contribution in [2.24, 2.45) is 5.10 Å². The van der Waals surface area contributed by atoms with Crippen molar-refractivity contribution in [1.29, 1.82) is 0 Å². The second kappa shape index (κ2) is 6.34. The summed E-state index contributed by atoms with van der Waals surface area (Å²) >= 11 is 9.20. The molecule has 2 N–H and O–H groups in total. The van der Waals surface area contributed by atoms with Gasteiger partial charge in [-0.2, -0.15) is 5.10 Å². The highest BCUT2D eigenvalue weighted by atomic mass is 79.9. The highest BCUT2D eigenvalue weighted by Crippen LogP contribution is 2.30. The van der Waals surface area contributed by atoms with Gasteiger partial charge in [0, 0.05) is 22.2 Å². The Hall–Kier alpha value is -2.11. The quantitative estimate of drug-likeness (QED) is 0.510. The Morgan fingerprint density at radius 2 is 2.05 bits per heavy atom. The van der Waals surface area contributed by atoms with Crippen LogP contribution >= 0.6 is 27.5 Å². The molecule has 1 aromatic heterocycles. The zero-order valence-electron chi connectivity index (χ0n) is 11.3. The molecule has 2 aromatic carbocycles. The zero-order valence-corrected chi connectivity index (χ0v) is 13.6. The number of phenols is 1. The Morgan fingerprint density at radius 1 is 1.23 bits per heavy atom. The van der Waals surface area contributed by atoms with Crippen LogP contribution in [0, 0.1) is 0 Å². The number of phenolic OH excluding ortho intramolecular Hbond substituents is 1. The van der Waals surface area contributed by atoms with Crippen molar-refractivity contribution < 1.29 is 5.11 Å². The maximum Gasteiger partial charge on any atom is 0.138 e. The Labute approximate surface area is 140 Å². The van der Waals surface area contributed by atoms with Gasteiger partial charge in [-0.15, -0.1) is 0 Å². The van der Waals surface area contributed by atoms with Crippen LogP contribution in [0.4, 0.5) is 5.69 Å². The lowest BCUT2D eigenvalue weighted by molar-refractivity contribution is 0.471. The predicted molar refractivity (Wildman–Crippen MR) is 93.8 cm³/mol. The first-order valence-corrected chi connectivity index (χ1v) is 7.63. The van der Waals surface area contributed by atoms with E-state index in [9.17, 15) is 5.11 Å². The molecule has 110 valence electrons. The van der Waals surface area contributed by atoms with Gasteiger partial charge in [0.2, 0.25) is 0 Å². The summed E-state index contributed by atoms with van der Waals surface area (Å²) in [6.07, 6.45) is 3.24. The predicted octanol–water partition coefficient (Wildman–Crippen LogP) is 4.80. The smallest absolute Gasteiger partial charge is 0.138 e. The van der Waals surface area contributed by atoms with E-state index in [4.69, 9.17) is 11.6 Å². The Kier molecular flexibility index (Phi) is 4.27. The van der Waals surface area contributed by atoms with Crippen LogP contribution in [0.5, 0.6) is 5.75 Å². The standard InChI is InChI=1S/C16H11BrClN3O/c17-13-8-12(18)7-11(16(13)22)9-20-21-14-5-1-3-10-4-2-6-19-15(10)14/h1-9,21-22H. The van der Waals surface area contributed by atoms with Crippen molar-refractivity contribution in [3.8, 4) is 5.75 Å². The number of nitrogens with zero attached hydrogens (tertiary/aromatic N) is 2. The summed E-state index contributed by atoms with van der Waals surface area (Å²) < 4.78 is 0.522. The van der Waals surface area contributed by atoms with Crippen molar-refractivity contribution in [3.05, 3.63) is 63.7 Å². The number of hydrogen-bond acceptors (Lipinski definition) is 4. The third-order valence-electron chi connectivity index (χ3n) is 3.08. The molecule has 3 aromatic rings. The van der Waals surface area contributed by atoms with Crippen molar-refractivity contribution in [2.45, 2.75) is 0 Å². The van der Waals surface area contributed by atoms with E-state index in [1.165, 1.54) is 6.21 Å². The number of hydrogen-bond donors (Lipinski definition) is 2. The lowest BCUT2D eigenvalue weighted by atomic mass is 10.2. The number of pyridine rings is 1. The number of hydrazone groups is 1. The van der Waals surface area contributed by atoms with Gasteiger partial charge in [0.1, 0.15) is 5.75 Å². The molecule has 0 amide bonds. The second-order valence-electron chi connectivity index (χ2n) is 4.58. The lowest BCUT2D eigenvalue weighted by Gasteiger charge is -2.05. The highest BCUT2D eigenvalue weighted by molar-refractivity contribution is 9.10. The number of para-hydroxylation sites is 1. The van der Waals surface area contributed by atoms with Crippen LogP contribution in [0.25, 0.3) is 10.9 Å². The van der Waals surface area contributed by atoms with Crippen molar-refractivity contribution in [2.75, 3.05) is 5.43 Å². The number of aromatic nitrogens is 1. The molecule has 0 aliphatic rings. The van der Waals surface area contributed by atoms with E-state index in [0.717, 1.165) is 16.6 Å². The minimum atomic E-state index is 0.0889. The Balaban J connectivity index is 1.88. The minimum absolute atomic E-state index is 0.0889. The first-order chi connectivity index (χ1) is 10.6. The number of halogens is 2. The molecule has 0 atom stereocenters. The van der Waals surface area contributed by atoms with E-state index in [1.54, 1.807) is 18.3 Å². The molecule has 0 unspecified atom stereocenters. The lowest BCUT2D eigenvalue weighted by Crippen LogP contribution is -1.93. The van der Waals surface area contributed by atoms with Gasteiger partial charge in [-0.25, -0.2) is 0 Å². The van der Waals surface area contributed by atoms with Crippen LogP contribution in [-0.4, -0.2) is 16.3 Å². The molecule has 0 saturated heterocycles. The Morgan fingerprint density at radius 3 is 2.91 bits per heavy atom. The zero-order chi connectivity index (χ0) is 15.5. The van der Waals surface area contributed by atoms with E-state index in [0.29, 0.717) is 15.1 Å². The number of rotatable bonds is 3. The number of nitrogens with one attached hydrogen (secondary N) is 1. The number of anilines is 1. The van der Waals surface area contributed by atoms with E-state index in [-0.39, 0.29) is 5.75 Å². The summed E-state index contributed by atoms with van der Waals surface area (Å²) in [5, 5.41) is 15.6. The first kappa shape index (κ1) is 14.8. The van der Waals surface area contributed by atoms with Crippen LogP contribution in [0.1, 0.15) is 5.56 Å². The molecule has 0 fully saturated rings. The number of benzene rings is 2. The van der Waals surface area contributed by atoms with Crippen molar-refractivity contribution >= 4 is 50.3 Å². The van der Waals surface area contributed by atoms with Gasteiger partial charge in [0.15, 0.2) is 0 Å². The van der Waals surface area contributed by atoms with Gasteiger partial charge >= 0.3 is 0 Å². The molecule has 22 heavy (non-hydrogen) atoms. The monoisotopic (exact) mass is 375 g/mol. The summed E-state index contributed by atoms with van der Waals surface area (Å²) in [6.45, 7) is 0. The first-order valence-electron chi connectivity index (χ1n) is 6.46. The van der Waals surface area contributed by atoms with Crippen molar-refractivity contribution in [1.82, 2.24) is 4.98 Å². The highest BCUT2D eigenvalue weighted by Gasteiger charge is 2.05. The number of fused-ring (bicyclic) bond motifs is 1. The molecular formula is C16H11BrClN3O. The van der Waals surface area contributed by atoms with E-state index in [2.05, 4.69) is 31.4 Å². The molecule has 0 aliphatic heterocycles. The molecule has 0 spiro atoms. The summed E-state index contributed by atoms with van der Waals surface area (Å²) in [7, 11) is 0. The van der Waals surface area contributed by atoms with Crippen LogP contribution in [0.2, 0.25) is 5.02 Å². The molecule has 0 aliphatic carbocycles. The molecular weight excluding hydrogens is 366 g/mol. The summed E-state index contributed by atoms with van der Waals surface area (Å²) in [6, 6.07) is 12.9. The maximum atomic E-state index is 9.95. The van der Waals surface area contributed by atoms with Crippen molar-refractivity contribution in [3.63, 3.8) is 0 Å². The molecule has 1 heterocycles. The molecule has 0 saturated carbocycles. The SMILES string of the molecule is Oc1c(Br)cc(Cl)cc1C=NNc1cccc2cccnc12. The normalized spacial score (nSPS) is 11.2. The van der Waals surface area contributed by atoms with Crippen LogP contribution in [0.15, 0.2) is 58.2 Å². The molecule has 4 nitrogen and oxygen atoms in total. The van der Waals surface area contributed by atoms with Gasteiger partial charge in [-0.3, -0.25) is 10.4 Å². The molecule has 6 heteroatoms. The van der Waals surface area contributed by atoms with Crippen LogP contribution < -0.4 is 5.43 Å². The van der Waals surface area contributed by atoms with Gasteiger partial charge in [0.25, 0.3) is 0 Å². The largest absolute Gasteiger partial charge is 0.506 e. The fourth-order valence-electron chi connectivity index (χ4n) is 2.05. The topological polar surface area (TPSA) is 57.5 Å². The van der Waals surface area contributed by atoms with Gasteiger partial charge in [0.05, 0.1) is 21.9 Å². The van der Waals surface area contributed by atoms with E-state index < -0.39 is 0 Å². The Bertz CT molecular complexity index is 862. The van der Waals surface area contributed by atoms with Gasteiger partial charge < -0.3 is 5.11 Å². The molecule has 3 rings (SSSR count). The maximum absolute atomic E-state index is 9.95. The average molecular weight is 377 g/mol. The molecule has 0 bridgehead atoms. The number of aromatic hydroxyl groups is 1. The van der Waals surface area contributed by atoms with Gasteiger partial charge in [-0.1, -0.05) is 29.8 Å². The summed E-state index contributed by atoms with van der Waals surface area (Å²) in [5.41, 5.74) is 5.07. The molecule has 0 radical (unpaired) electrons. The summed E-state index contributed by atoms with van der Waals surface area (Å²) in [4.78, 5) is 4.34. The third-order valence-corrected chi connectivity index (χ3v) is 3.90. The third kappa shape index (κ3) is 3.05. The van der Waals surface area contributed by atoms with Gasteiger partial charge in [-0.05, 0) is 40.2 Å². The fourth-order valence-corrected chi connectivity index (χ4v) is 2.88. The summed E-state index contributed by atoms with van der Waals surface area (Å²) in [5.74, 6) is 0.0889. The van der Waals surface area contributed by atoms with E-state index >= 15 is 0 Å².